The van der Waals surface area contributed by atoms with Crippen LogP contribution in [0.15, 0.2) is 24.3 Å². The topological polar surface area (TPSA) is 53.1 Å². The molecule has 4 aliphatic rings. The van der Waals surface area contributed by atoms with Crippen LogP contribution >= 0.6 is 0 Å². The van der Waals surface area contributed by atoms with Crippen molar-refractivity contribution < 1.29 is 14.3 Å². The number of amides is 2. The van der Waals surface area contributed by atoms with E-state index in [0.29, 0.717) is 35.4 Å². The van der Waals surface area contributed by atoms with Crippen LogP contribution in [0.25, 0.3) is 0 Å². The van der Waals surface area contributed by atoms with E-state index >= 15 is 0 Å². The molecule has 3 atom stereocenters. The molecule has 2 unspecified atom stereocenters. The van der Waals surface area contributed by atoms with Gasteiger partial charge in [0.25, 0.3) is 5.91 Å². The number of carbonyl (C=O) groups excluding carboxylic acids is 2. The van der Waals surface area contributed by atoms with Crippen molar-refractivity contribution in [1.82, 2.24) is 14.7 Å². The average Bonchev–Trinajstić information content (AvgIpc) is 2.79. The summed E-state index contributed by atoms with van der Waals surface area (Å²) in [6, 6.07) is 8.50. The number of likely N-dealkylation sites (tertiary alicyclic amines) is 2. The first kappa shape index (κ1) is 19.9. The van der Waals surface area contributed by atoms with E-state index in [1.807, 2.05) is 29.2 Å². The van der Waals surface area contributed by atoms with Crippen LogP contribution in [0.3, 0.4) is 0 Å². The summed E-state index contributed by atoms with van der Waals surface area (Å²) in [5, 5.41) is 0. The van der Waals surface area contributed by atoms with Gasteiger partial charge in [-0.1, -0.05) is 6.07 Å². The number of hydrogen-bond donors (Lipinski definition) is 0. The molecule has 4 aliphatic heterocycles. The Bertz CT molecular complexity index is 805. The van der Waals surface area contributed by atoms with Gasteiger partial charge in [-0.05, 0) is 62.1 Å². The molecule has 6 nitrogen and oxygen atoms in total. The van der Waals surface area contributed by atoms with Crippen LogP contribution in [0, 0.1) is 11.8 Å². The van der Waals surface area contributed by atoms with Gasteiger partial charge in [-0.2, -0.15) is 0 Å². The number of hydrogen-bond acceptors (Lipinski definition) is 4. The van der Waals surface area contributed by atoms with Crippen LogP contribution < -0.4 is 4.74 Å². The van der Waals surface area contributed by atoms with Gasteiger partial charge in [-0.3, -0.25) is 14.5 Å². The van der Waals surface area contributed by atoms with Gasteiger partial charge in [-0.15, -0.1) is 0 Å². The van der Waals surface area contributed by atoms with Crippen molar-refractivity contribution in [1.29, 1.82) is 0 Å². The SMILES string of the molecule is COc1cccc(C(=O)N2CCC(N3CC4CC(C3)[C@H]3CCCC(=O)N3C4)CC2)c1. The molecule has 0 aromatic heterocycles. The highest BCUT2D eigenvalue weighted by Gasteiger charge is 2.45. The first-order valence-corrected chi connectivity index (χ1v) is 11.6. The van der Waals surface area contributed by atoms with E-state index in [1.165, 1.54) is 12.8 Å². The third kappa shape index (κ3) is 3.70. The summed E-state index contributed by atoms with van der Waals surface area (Å²) in [6.07, 6.45) is 6.37. The van der Waals surface area contributed by atoms with Crippen LogP contribution in [-0.4, -0.2) is 78.4 Å². The molecule has 6 heteroatoms. The Morgan fingerprint density at radius 2 is 1.93 bits per heavy atom. The van der Waals surface area contributed by atoms with Crippen molar-refractivity contribution >= 4 is 11.8 Å². The summed E-state index contributed by atoms with van der Waals surface area (Å²) in [4.78, 5) is 32.2. The molecule has 0 spiro atoms. The lowest BCUT2D eigenvalue weighted by atomic mass is 9.75. The predicted octanol–water partition coefficient (Wildman–Crippen LogP) is 2.63. The Hall–Kier alpha value is -2.08. The van der Waals surface area contributed by atoms with Gasteiger partial charge in [0, 0.05) is 56.8 Å². The molecule has 0 aliphatic carbocycles. The lowest BCUT2D eigenvalue weighted by molar-refractivity contribution is -0.145. The number of rotatable bonds is 3. The fraction of sp³-hybridized carbons (Fsp3) is 0.667. The smallest absolute Gasteiger partial charge is 0.253 e. The number of carbonyl (C=O) groups is 2. The minimum atomic E-state index is 0.110. The molecule has 0 radical (unpaired) electrons. The van der Waals surface area contributed by atoms with Gasteiger partial charge in [-0.25, -0.2) is 0 Å². The zero-order valence-corrected chi connectivity index (χ0v) is 18.0. The minimum absolute atomic E-state index is 0.110. The number of nitrogens with zero attached hydrogens (tertiary/aromatic N) is 3. The molecule has 162 valence electrons. The van der Waals surface area contributed by atoms with Crippen molar-refractivity contribution in [2.24, 2.45) is 11.8 Å². The predicted molar refractivity (Wildman–Crippen MR) is 114 cm³/mol. The molecule has 30 heavy (non-hydrogen) atoms. The van der Waals surface area contributed by atoms with Gasteiger partial charge in [0.15, 0.2) is 0 Å². The second-order valence-corrected chi connectivity index (χ2v) is 9.58. The summed E-state index contributed by atoms with van der Waals surface area (Å²) in [6.45, 7) is 4.84. The van der Waals surface area contributed by atoms with Crippen LogP contribution in [-0.2, 0) is 4.79 Å². The molecule has 1 aromatic carbocycles. The lowest BCUT2D eigenvalue weighted by Gasteiger charge is -2.54. The zero-order valence-electron chi connectivity index (χ0n) is 18.0. The molecule has 2 amide bonds. The molecule has 1 aromatic rings. The Kier molecular flexibility index (Phi) is 5.44. The van der Waals surface area contributed by atoms with Gasteiger partial charge in [0.1, 0.15) is 5.75 Å². The van der Waals surface area contributed by atoms with E-state index in [1.54, 1.807) is 7.11 Å². The number of piperidine rings is 4. The molecule has 4 heterocycles. The molecule has 0 saturated carbocycles. The van der Waals surface area contributed by atoms with Crippen molar-refractivity contribution in [3.63, 3.8) is 0 Å². The summed E-state index contributed by atoms with van der Waals surface area (Å²) in [5.41, 5.74) is 0.711. The summed E-state index contributed by atoms with van der Waals surface area (Å²) in [7, 11) is 1.63. The highest BCUT2D eigenvalue weighted by molar-refractivity contribution is 5.94. The molecular formula is C24H33N3O3. The highest BCUT2D eigenvalue weighted by Crippen LogP contribution is 2.39. The number of ether oxygens (including phenoxy) is 1. The Morgan fingerprint density at radius 1 is 1.10 bits per heavy atom. The third-order valence-electron chi connectivity index (χ3n) is 7.79. The highest BCUT2D eigenvalue weighted by atomic mass is 16.5. The Labute approximate surface area is 179 Å². The maximum atomic E-state index is 12.9. The molecule has 5 rings (SSSR count). The van der Waals surface area contributed by atoms with E-state index < -0.39 is 0 Å². The van der Waals surface area contributed by atoms with Gasteiger partial charge < -0.3 is 14.5 Å². The van der Waals surface area contributed by atoms with Crippen molar-refractivity contribution in [3.8, 4) is 5.75 Å². The molecular weight excluding hydrogens is 378 g/mol. The first-order chi connectivity index (χ1) is 14.6. The number of benzene rings is 1. The van der Waals surface area contributed by atoms with E-state index in [0.717, 1.165) is 64.2 Å². The minimum Gasteiger partial charge on any atom is -0.497 e. The Morgan fingerprint density at radius 3 is 2.73 bits per heavy atom. The van der Waals surface area contributed by atoms with Crippen LogP contribution in [0.4, 0.5) is 0 Å². The fourth-order valence-corrected chi connectivity index (χ4v) is 6.32. The maximum absolute atomic E-state index is 12.9. The van der Waals surface area contributed by atoms with Crippen molar-refractivity contribution in [2.45, 2.75) is 50.6 Å². The first-order valence-electron chi connectivity index (χ1n) is 11.6. The van der Waals surface area contributed by atoms with Crippen LogP contribution in [0.2, 0.25) is 0 Å². The third-order valence-corrected chi connectivity index (χ3v) is 7.79. The zero-order chi connectivity index (χ0) is 20.7. The van der Waals surface area contributed by atoms with Gasteiger partial charge in [0.05, 0.1) is 7.11 Å². The van der Waals surface area contributed by atoms with E-state index in [-0.39, 0.29) is 5.91 Å². The van der Waals surface area contributed by atoms with E-state index in [9.17, 15) is 9.59 Å². The van der Waals surface area contributed by atoms with Crippen LogP contribution in [0.5, 0.6) is 5.75 Å². The van der Waals surface area contributed by atoms with Gasteiger partial charge >= 0.3 is 0 Å². The maximum Gasteiger partial charge on any atom is 0.253 e. The summed E-state index contributed by atoms with van der Waals surface area (Å²) in [5.74, 6) is 2.49. The van der Waals surface area contributed by atoms with Crippen molar-refractivity contribution in [3.05, 3.63) is 29.8 Å². The summed E-state index contributed by atoms with van der Waals surface area (Å²) < 4.78 is 5.27. The monoisotopic (exact) mass is 411 g/mol. The van der Waals surface area contributed by atoms with Crippen molar-refractivity contribution in [2.75, 3.05) is 39.8 Å². The van der Waals surface area contributed by atoms with E-state index in [4.69, 9.17) is 4.74 Å². The summed E-state index contributed by atoms with van der Waals surface area (Å²) >= 11 is 0. The Balaban J connectivity index is 1.19. The largest absolute Gasteiger partial charge is 0.497 e. The number of fused-ring (bicyclic) bond motifs is 4. The quantitative estimate of drug-likeness (QED) is 0.767. The molecule has 4 saturated heterocycles. The average molecular weight is 412 g/mol. The van der Waals surface area contributed by atoms with Crippen LogP contribution in [0.1, 0.15) is 48.9 Å². The standard InChI is InChI=1S/C24H33N3O3/c1-30-21-5-2-4-18(13-21)24(29)25-10-8-20(9-11-25)26-14-17-12-19(16-26)22-6-3-7-23(28)27(22)15-17/h2,4-5,13,17,19-20,22H,3,6-12,14-16H2,1H3/t17?,19?,22-/m1/s1. The van der Waals surface area contributed by atoms with E-state index in [2.05, 4.69) is 9.80 Å². The van der Waals surface area contributed by atoms with Gasteiger partial charge in [0.2, 0.25) is 5.91 Å². The fourth-order valence-electron chi connectivity index (χ4n) is 6.32. The molecule has 0 N–H and O–H groups in total. The second kappa shape index (κ2) is 8.22. The molecule has 4 fully saturated rings. The second-order valence-electron chi connectivity index (χ2n) is 9.58. The normalized spacial score (nSPS) is 30.2. The lowest BCUT2D eigenvalue weighted by Crippen LogP contribution is -2.62. The molecule has 2 bridgehead atoms. The number of methoxy groups -OCH3 is 1.